The first kappa shape index (κ1) is 15.5. The molecule has 0 spiro atoms. The molecule has 4 heteroatoms. The van der Waals surface area contributed by atoms with Crippen molar-refractivity contribution in [1.82, 2.24) is 4.31 Å². The number of rotatable bonds is 3. The van der Waals surface area contributed by atoms with Crippen molar-refractivity contribution in [3.05, 3.63) is 29.8 Å². The van der Waals surface area contributed by atoms with Gasteiger partial charge in [-0.3, -0.25) is 0 Å². The van der Waals surface area contributed by atoms with Crippen LogP contribution in [-0.4, -0.2) is 25.8 Å². The van der Waals surface area contributed by atoms with Crippen LogP contribution in [0.5, 0.6) is 0 Å². The fraction of sp³-hybridized carbons (Fsp3) is 0.625. The van der Waals surface area contributed by atoms with Gasteiger partial charge in [0.2, 0.25) is 10.0 Å². The van der Waals surface area contributed by atoms with Gasteiger partial charge in [0, 0.05) is 13.1 Å². The smallest absolute Gasteiger partial charge is 0.207 e. The van der Waals surface area contributed by atoms with Crippen LogP contribution in [-0.2, 0) is 10.0 Å². The van der Waals surface area contributed by atoms with E-state index in [0.29, 0.717) is 10.3 Å². The van der Waals surface area contributed by atoms with Crippen LogP contribution in [0.4, 0.5) is 0 Å². The molecule has 1 aromatic carbocycles. The molecule has 3 nitrogen and oxygen atoms in total. The molecule has 1 aromatic rings. The van der Waals surface area contributed by atoms with E-state index < -0.39 is 10.0 Å². The Balaban J connectivity index is 2.21. The van der Waals surface area contributed by atoms with Crippen LogP contribution in [0.25, 0.3) is 0 Å². The molecule has 0 N–H and O–H groups in total. The topological polar surface area (TPSA) is 37.4 Å². The van der Waals surface area contributed by atoms with Crippen molar-refractivity contribution >= 4 is 10.0 Å². The van der Waals surface area contributed by atoms with Crippen LogP contribution >= 0.6 is 0 Å². The quantitative estimate of drug-likeness (QED) is 0.854. The molecule has 1 saturated carbocycles. The van der Waals surface area contributed by atoms with E-state index >= 15 is 0 Å². The van der Waals surface area contributed by atoms with Crippen molar-refractivity contribution in [2.75, 3.05) is 7.05 Å². The van der Waals surface area contributed by atoms with Gasteiger partial charge in [-0.25, -0.2) is 8.42 Å². The van der Waals surface area contributed by atoms with E-state index in [1.807, 2.05) is 19.1 Å². The maximum absolute atomic E-state index is 12.7. The summed E-state index contributed by atoms with van der Waals surface area (Å²) in [7, 11) is -1.65. The van der Waals surface area contributed by atoms with Crippen molar-refractivity contribution in [3.63, 3.8) is 0 Å². The molecule has 0 radical (unpaired) electrons. The summed E-state index contributed by atoms with van der Waals surface area (Å²) in [6.07, 6.45) is 4.08. The molecule has 1 aliphatic rings. The molecule has 0 bridgehead atoms. The van der Waals surface area contributed by atoms with Gasteiger partial charge in [0.1, 0.15) is 0 Å². The van der Waals surface area contributed by atoms with Gasteiger partial charge in [-0.1, -0.05) is 32.0 Å². The van der Waals surface area contributed by atoms with E-state index in [2.05, 4.69) is 13.8 Å². The highest BCUT2D eigenvalue weighted by Crippen LogP contribution is 2.37. The van der Waals surface area contributed by atoms with Gasteiger partial charge in [-0.05, 0) is 49.7 Å². The Hall–Kier alpha value is -0.870. The fourth-order valence-corrected chi connectivity index (χ4v) is 4.58. The molecule has 0 unspecified atom stereocenters. The predicted molar refractivity (Wildman–Crippen MR) is 82.2 cm³/mol. The van der Waals surface area contributed by atoms with Crippen molar-refractivity contribution in [2.45, 2.75) is 57.4 Å². The number of sulfonamides is 1. The first-order chi connectivity index (χ1) is 9.24. The highest BCUT2D eigenvalue weighted by molar-refractivity contribution is 7.89. The Morgan fingerprint density at radius 3 is 2.25 bits per heavy atom. The summed E-state index contributed by atoms with van der Waals surface area (Å²) in [5, 5.41) is 0. The Bertz CT molecular complexity index is 568. The van der Waals surface area contributed by atoms with Crippen LogP contribution in [0.3, 0.4) is 0 Å². The Morgan fingerprint density at radius 2 is 1.70 bits per heavy atom. The Kier molecular flexibility index (Phi) is 4.26. The lowest BCUT2D eigenvalue weighted by Crippen LogP contribution is -2.41. The second kappa shape index (κ2) is 5.49. The predicted octanol–water partition coefficient (Wildman–Crippen LogP) is 3.58. The lowest BCUT2D eigenvalue weighted by molar-refractivity contribution is 0.174. The van der Waals surface area contributed by atoms with Crippen LogP contribution in [0.1, 0.15) is 45.1 Å². The summed E-state index contributed by atoms with van der Waals surface area (Å²) >= 11 is 0. The van der Waals surface area contributed by atoms with Crippen LogP contribution in [0.15, 0.2) is 29.2 Å². The highest BCUT2D eigenvalue weighted by Gasteiger charge is 2.34. The van der Waals surface area contributed by atoms with Crippen molar-refractivity contribution in [3.8, 4) is 0 Å². The largest absolute Gasteiger partial charge is 0.243 e. The molecule has 0 heterocycles. The maximum Gasteiger partial charge on any atom is 0.243 e. The van der Waals surface area contributed by atoms with E-state index in [4.69, 9.17) is 0 Å². The first-order valence-electron chi connectivity index (χ1n) is 7.28. The number of hydrogen-bond acceptors (Lipinski definition) is 2. The summed E-state index contributed by atoms with van der Waals surface area (Å²) in [5.74, 6) is 0. The van der Waals surface area contributed by atoms with Crippen molar-refractivity contribution in [2.24, 2.45) is 5.41 Å². The number of nitrogens with zero attached hydrogens (tertiary/aromatic N) is 1. The zero-order chi connectivity index (χ0) is 15.0. The lowest BCUT2D eigenvalue weighted by Gasteiger charge is -2.38. The number of benzene rings is 1. The highest BCUT2D eigenvalue weighted by atomic mass is 32.2. The molecule has 1 aliphatic carbocycles. The zero-order valence-corrected chi connectivity index (χ0v) is 13.7. The monoisotopic (exact) mass is 295 g/mol. The van der Waals surface area contributed by atoms with E-state index in [1.165, 1.54) is 0 Å². The van der Waals surface area contributed by atoms with E-state index in [0.717, 1.165) is 31.2 Å². The van der Waals surface area contributed by atoms with Crippen LogP contribution < -0.4 is 0 Å². The molecule has 1 fully saturated rings. The van der Waals surface area contributed by atoms with E-state index in [1.54, 1.807) is 23.5 Å². The van der Waals surface area contributed by atoms with Gasteiger partial charge < -0.3 is 0 Å². The van der Waals surface area contributed by atoms with Gasteiger partial charge in [-0.2, -0.15) is 4.31 Å². The normalized spacial score (nSPS) is 20.2. The molecular weight excluding hydrogens is 270 g/mol. The summed E-state index contributed by atoms with van der Waals surface area (Å²) in [5.41, 5.74) is 1.17. The molecule has 0 amide bonds. The maximum atomic E-state index is 12.7. The number of hydrogen-bond donors (Lipinski definition) is 0. The van der Waals surface area contributed by atoms with Crippen molar-refractivity contribution < 1.29 is 8.42 Å². The average Bonchev–Trinajstić information content (AvgIpc) is 2.38. The average molecular weight is 295 g/mol. The molecule has 20 heavy (non-hydrogen) atoms. The van der Waals surface area contributed by atoms with Gasteiger partial charge in [-0.15, -0.1) is 0 Å². The number of aryl methyl sites for hydroxylation is 1. The third kappa shape index (κ3) is 3.07. The summed E-state index contributed by atoms with van der Waals surface area (Å²) in [6.45, 7) is 6.38. The van der Waals surface area contributed by atoms with Crippen LogP contribution in [0, 0.1) is 12.3 Å². The SMILES string of the molecule is Cc1ccccc1S(=O)(=O)N(C)C1CCC(C)(C)CC1. The summed E-state index contributed by atoms with van der Waals surface area (Å²) in [4.78, 5) is 0.437. The molecule has 0 aliphatic heterocycles. The molecule has 0 atom stereocenters. The minimum Gasteiger partial charge on any atom is -0.207 e. The second-order valence-corrected chi connectivity index (χ2v) is 8.65. The third-order valence-electron chi connectivity index (χ3n) is 4.57. The molecule has 2 rings (SSSR count). The summed E-state index contributed by atoms with van der Waals surface area (Å²) < 4.78 is 27.1. The van der Waals surface area contributed by atoms with Gasteiger partial charge in [0.25, 0.3) is 0 Å². The molecule has 0 aromatic heterocycles. The zero-order valence-electron chi connectivity index (χ0n) is 12.9. The second-order valence-electron chi connectivity index (χ2n) is 6.68. The van der Waals surface area contributed by atoms with Crippen molar-refractivity contribution in [1.29, 1.82) is 0 Å². The van der Waals surface area contributed by atoms with E-state index in [-0.39, 0.29) is 6.04 Å². The molecular formula is C16H25NO2S. The molecule has 0 saturated heterocycles. The van der Waals surface area contributed by atoms with Gasteiger partial charge in [0.05, 0.1) is 4.90 Å². The van der Waals surface area contributed by atoms with E-state index in [9.17, 15) is 8.42 Å². The van der Waals surface area contributed by atoms with Gasteiger partial charge >= 0.3 is 0 Å². The van der Waals surface area contributed by atoms with Crippen LogP contribution in [0.2, 0.25) is 0 Å². The Labute approximate surface area is 123 Å². The Morgan fingerprint density at radius 1 is 1.15 bits per heavy atom. The summed E-state index contributed by atoms with van der Waals surface area (Å²) in [6, 6.07) is 7.35. The third-order valence-corrected chi connectivity index (χ3v) is 6.64. The lowest BCUT2D eigenvalue weighted by atomic mass is 9.76. The first-order valence-corrected chi connectivity index (χ1v) is 8.72. The standard InChI is InChI=1S/C16H25NO2S/c1-13-7-5-6-8-15(13)20(18,19)17(4)14-9-11-16(2,3)12-10-14/h5-8,14H,9-12H2,1-4H3. The minimum absolute atomic E-state index is 0.132. The fourth-order valence-electron chi connectivity index (χ4n) is 2.94. The molecule has 112 valence electrons. The minimum atomic E-state index is -3.37. The van der Waals surface area contributed by atoms with Gasteiger partial charge in [0.15, 0.2) is 0 Å².